The molecule has 0 saturated carbocycles. The number of sulfonamides is 1. The molecule has 2 aliphatic rings. The number of nitrogens with one attached hydrogen (secondary N) is 1. The number of hydrogen-bond donors (Lipinski definition) is 1. The maximum absolute atomic E-state index is 12.1. The summed E-state index contributed by atoms with van der Waals surface area (Å²) in [4.78, 5) is 0. The number of ether oxygens (including phenoxy) is 2. The summed E-state index contributed by atoms with van der Waals surface area (Å²) in [5.74, 6) is 0.154. The lowest BCUT2D eigenvalue weighted by Gasteiger charge is -2.37. The lowest BCUT2D eigenvalue weighted by Crippen LogP contribution is -2.50. The monoisotopic (exact) mass is 291 g/mol. The summed E-state index contributed by atoms with van der Waals surface area (Å²) in [6, 6.07) is -0.0252. The maximum atomic E-state index is 12.1. The normalized spacial score (nSPS) is 32.9. The minimum Gasteiger partial charge on any atom is -0.378 e. The summed E-state index contributed by atoms with van der Waals surface area (Å²) in [6.45, 7) is 7.70. The predicted octanol–water partition coefficient (Wildman–Crippen LogP) is 1.29. The van der Waals surface area contributed by atoms with E-state index in [0.717, 1.165) is 19.3 Å². The van der Waals surface area contributed by atoms with E-state index in [0.29, 0.717) is 19.8 Å². The van der Waals surface area contributed by atoms with Crippen molar-refractivity contribution in [2.24, 2.45) is 5.41 Å². The Morgan fingerprint density at radius 3 is 2.63 bits per heavy atom. The van der Waals surface area contributed by atoms with E-state index in [4.69, 9.17) is 9.47 Å². The molecule has 0 aromatic heterocycles. The first-order chi connectivity index (χ1) is 8.70. The van der Waals surface area contributed by atoms with Crippen molar-refractivity contribution in [1.82, 2.24) is 4.72 Å². The van der Waals surface area contributed by atoms with Gasteiger partial charge in [0.1, 0.15) is 0 Å². The van der Waals surface area contributed by atoms with Crippen LogP contribution in [0.5, 0.6) is 0 Å². The van der Waals surface area contributed by atoms with E-state index in [2.05, 4.69) is 4.72 Å². The van der Waals surface area contributed by atoms with Crippen LogP contribution >= 0.6 is 0 Å². The lowest BCUT2D eigenvalue weighted by molar-refractivity contribution is -0.0868. The molecule has 19 heavy (non-hydrogen) atoms. The summed E-state index contributed by atoms with van der Waals surface area (Å²) in [5.41, 5.74) is -0.488. The molecule has 2 fully saturated rings. The molecule has 0 aromatic carbocycles. The number of rotatable bonds is 3. The minimum absolute atomic E-state index is 0.0252. The Labute approximate surface area is 116 Å². The average Bonchev–Trinajstić information content (AvgIpc) is 2.61. The van der Waals surface area contributed by atoms with Crippen molar-refractivity contribution < 1.29 is 17.9 Å². The van der Waals surface area contributed by atoms with Crippen LogP contribution in [0.4, 0.5) is 0 Å². The maximum Gasteiger partial charge on any atom is 0.212 e. The molecule has 0 radical (unpaired) electrons. The van der Waals surface area contributed by atoms with Crippen LogP contribution in [0, 0.1) is 5.41 Å². The van der Waals surface area contributed by atoms with Gasteiger partial charge in [0.25, 0.3) is 0 Å². The molecule has 0 aliphatic carbocycles. The van der Waals surface area contributed by atoms with Crippen LogP contribution in [-0.4, -0.2) is 45.6 Å². The summed E-state index contributed by atoms with van der Waals surface area (Å²) in [7, 11) is -3.23. The third kappa shape index (κ3) is 4.41. The zero-order chi connectivity index (χ0) is 14.1. The van der Waals surface area contributed by atoms with Gasteiger partial charge in [-0.3, -0.25) is 0 Å². The molecule has 2 rings (SSSR count). The minimum atomic E-state index is -3.23. The molecule has 0 amide bonds. The summed E-state index contributed by atoms with van der Waals surface area (Å²) >= 11 is 0. The highest BCUT2D eigenvalue weighted by atomic mass is 32.2. The van der Waals surface area contributed by atoms with Crippen LogP contribution in [0.2, 0.25) is 0 Å². The second-order valence-corrected chi connectivity index (χ2v) is 8.72. The van der Waals surface area contributed by atoms with Gasteiger partial charge in [-0.1, -0.05) is 20.8 Å². The average molecular weight is 291 g/mol. The van der Waals surface area contributed by atoms with E-state index in [9.17, 15) is 8.42 Å². The Balaban J connectivity index is 1.95. The van der Waals surface area contributed by atoms with E-state index in [1.807, 2.05) is 20.8 Å². The largest absolute Gasteiger partial charge is 0.378 e. The SMILES string of the molecule is CC(C)(C)CS(=O)(=O)N[C@@H]1CCO[C@]2(CCOC2)C1. The molecule has 2 atom stereocenters. The first-order valence-corrected chi connectivity index (χ1v) is 8.57. The van der Waals surface area contributed by atoms with Gasteiger partial charge >= 0.3 is 0 Å². The summed E-state index contributed by atoms with van der Waals surface area (Å²) < 4.78 is 38.3. The zero-order valence-corrected chi connectivity index (χ0v) is 12.9. The molecule has 2 aliphatic heterocycles. The Hall–Kier alpha value is -0.170. The molecule has 1 spiro atoms. The Kier molecular flexibility index (Phi) is 4.26. The van der Waals surface area contributed by atoms with Gasteiger partial charge in [-0.25, -0.2) is 13.1 Å². The van der Waals surface area contributed by atoms with Gasteiger partial charge in [-0.05, 0) is 18.3 Å². The molecular formula is C13H25NO4S. The molecular weight excluding hydrogens is 266 g/mol. The van der Waals surface area contributed by atoms with Crippen LogP contribution in [0.25, 0.3) is 0 Å². The van der Waals surface area contributed by atoms with E-state index < -0.39 is 10.0 Å². The van der Waals surface area contributed by atoms with Gasteiger partial charge in [0.15, 0.2) is 0 Å². The van der Waals surface area contributed by atoms with Gasteiger partial charge < -0.3 is 9.47 Å². The Morgan fingerprint density at radius 1 is 1.32 bits per heavy atom. The van der Waals surface area contributed by atoms with Crippen molar-refractivity contribution in [3.8, 4) is 0 Å². The molecule has 112 valence electrons. The zero-order valence-electron chi connectivity index (χ0n) is 12.1. The second-order valence-electron chi connectivity index (χ2n) is 6.96. The van der Waals surface area contributed by atoms with E-state index >= 15 is 0 Å². The molecule has 1 N–H and O–H groups in total. The van der Waals surface area contributed by atoms with Crippen LogP contribution in [0.1, 0.15) is 40.0 Å². The van der Waals surface area contributed by atoms with E-state index in [1.165, 1.54) is 0 Å². The van der Waals surface area contributed by atoms with Crippen LogP contribution in [0.3, 0.4) is 0 Å². The molecule has 0 aromatic rings. The standard InChI is InChI=1S/C13H25NO4S/c1-12(2,3)10-19(15,16)14-11-4-6-18-13(8-11)5-7-17-9-13/h11,14H,4-10H2,1-3H3/t11-,13-/m1/s1. The van der Waals surface area contributed by atoms with Crippen LogP contribution in [-0.2, 0) is 19.5 Å². The molecule has 0 unspecified atom stereocenters. The fourth-order valence-electron chi connectivity index (χ4n) is 2.86. The van der Waals surface area contributed by atoms with E-state index in [-0.39, 0.29) is 22.8 Å². The van der Waals surface area contributed by atoms with Crippen molar-refractivity contribution in [1.29, 1.82) is 0 Å². The molecule has 5 nitrogen and oxygen atoms in total. The van der Waals surface area contributed by atoms with Gasteiger partial charge in [0.05, 0.1) is 18.0 Å². The highest BCUT2D eigenvalue weighted by Gasteiger charge is 2.42. The summed E-state index contributed by atoms with van der Waals surface area (Å²) in [5, 5.41) is 0. The second kappa shape index (κ2) is 5.31. The predicted molar refractivity (Wildman–Crippen MR) is 73.5 cm³/mol. The molecule has 6 heteroatoms. The fraction of sp³-hybridized carbons (Fsp3) is 1.00. The van der Waals surface area contributed by atoms with E-state index in [1.54, 1.807) is 0 Å². The van der Waals surface area contributed by atoms with Gasteiger partial charge in [0, 0.05) is 25.7 Å². The Bertz CT molecular complexity index is 407. The third-order valence-electron chi connectivity index (χ3n) is 3.53. The van der Waals surface area contributed by atoms with Crippen molar-refractivity contribution in [2.75, 3.05) is 25.6 Å². The van der Waals surface area contributed by atoms with Gasteiger partial charge in [0.2, 0.25) is 10.0 Å². The van der Waals surface area contributed by atoms with Crippen molar-refractivity contribution >= 4 is 10.0 Å². The van der Waals surface area contributed by atoms with Gasteiger partial charge in [-0.15, -0.1) is 0 Å². The van der Waals surface area contributed by atoms with Crippen molar-refractivity contribution in [3.63, 3.8) is 0 Å². The summed E-state index contributed by atoms with van der Waals surface area (Å²) in [6.07, 6.45) is 2.33. The number of hydrogen-bond acceptors (Lipinski definition) is 4. The van der Waals surface area contributed by atoms with Crippen LogP contribution in [0.15, 0.2) is 0 Å². The van der Waals surface area contributed by atoms with Gasteiger partial charge in [-0.2, -0.15) is 0 Å². The van der Waals surface area contributed by atoms with Crippen molar-refractivity contribution in [2.45, 2.75) is 51.7 Å². The topological polar surface area (TPSA) is 64.6 Å². The lowest BCUT2D eigenvalue weighted by atomic mass is 9.90. The molecule has 2 saturated heterocycles. The Morgan fingerprint density at radius 2 is 2.05 bits per heavy atom. The molecule has 2 heterocycles. The highest BCUT2D eigenvalue weighted by molar-refractivity contribution is 7.89. The van der Waals surface area contributed by atoms with Crippen LogP contribution < -0.4 is 4.72 Å². The third-order valence-corrected chi connectivity index (χ3v) is 5.47. The molecule has 0 bridgehead atoms. The first-order valence-electron chi connectivity index (χ1n) is 6.92. The smallest absolute Gasteiger partial charge is 0.212 e. The fourth-order valence-corrected chi connectivity index (χ4v) is 4.79. The first kappa shape index (κ1) is 15.2. The highest BCUT2D eigenvalue weighted by Crippen LogP contribution is 2.33. The quantitative estimate of drug-likeness (QED) is 0.851. The van der Waals surface area contributed by atoms with Crippen molar-refractivity contribution in [3.05, 3.63) is 0 Å².